The van der Waals surface area contributed by atoms with Gasteiger partial charge in [0, 0.05) is 5.69 Å². The van der Waals surface area contributed by atoms with E-state index >= 15 is 0 Å². The van der Waals surface area contributed by atoms with Gasteiger partial charge in [0.1, 0.15) is 12.4 Å². The van der Waals surface area contributed by atoms with Crippen molar-refractivity contribution in [3.8, 4) is 0 Å². The third kappa shape index (κ3) is 5.42. The van der Waals surface area contributed by atoms with E-state index in [1.807, 2.05) is 59.4 Å². The summed E-state index contributed by atoms with van der Waals surface area (Å²) in [6.07, 6.45) is 3.05. The number of para-hydroxylation sites is 2. The molecule has 0 bridgehead atoms. The Hall–Kier alpha value is -2.80. The lowest BCUT2D eigenvalue weighted by atomic mass is 9.99. The minimum absolute atomic E-state index is 0.0211. The molecule has 3 aromatic rings. The predicted octanol–water partition coefficient (Wildman–Crippen LogP) is 4.59. The Morgan fingerprint density at radius 1 is 1.17 bits per heavy atom. The van der Waals surface area contributed by atoms with Gasteiger partial charge in [-0.05, 0) is 48.4 Å². The van der Waals surface area contributed by atoms with Crippen molar-refractivity contribution >= 4 is 40.4 Å². The van der Waals surface area contributed by atoms with Crippen LogP contribution in [0.15, 0.2) is 48.5 Å². The largest absolute Gasteiger partial charge is 0.454 e. The molecular formula is C23H27N3O3S. The van der Waals surface area contributed by atoms with Crippen molar-refractivity contribution in [1.82, 2.24) is 9.55 Å². The van der Waals surface area contributed by atoms with Crippen molar-refractivity contribution in [3.05, 3.63) is 59.9 Å². The summed E-state index contributed by atoms with van der Waals surface area (Å²) in [5.41, 5.74) is 3.64. The number of nitrogens with one attached hydrogen (secondary N) is 1. The zero-order chi connectivity index (χ0) is 21.5. The summed E-state index contributed by atoms with van der Waals surface area (Å²) in [7, 11) is 0. The van der Waals surface area contributed by atoms with Crippen molar-refractivity contribution in [1.29, 1.82) is 0 Å². The molecule has 0 unspecified atom stereocenters. The molecule has 1 heterocycles. The van der Waals surface area contributed by atoms with E-state index in [9.17, 15) is 9.59 Å². The molecule has 0 spiro atoms. The molecule has 1 N–H and O–H groups in total. The second-order valence-electron chi connectivity index (χ2n) is 7.18. The van der Waals surface area contributed by atoms with Gasteiger partial charge in [0.15, 0.2) is 6.61 Å². The van der Waals surface area contributed by atoms with Gasteiger partial charge in [0.25, 0.3) is 5.91 Å². The lowest BCUT2D eigenvalue weighted by Crippen LogP contribution is -2.23. The van der Waals surface area contributed by atoms with E-state index in [0.717, 1.165) is 23.3 Å². The molecule has 1 amide bonds. The smallest absolute Gasteiger partial charge is 0.326 e. The van der Waals surface area contributed by atoms with Crippen LogP contribution < -0.4 is 5.32 Å². The summed E-state index contributed by atoms with van der Waals surface area (Å²) >= 11 is 1.64. The molecule has 7 heteroatoms. The molecular weight excluding hydrogens is 398 g/mol. The van der Waals surface area contributed by atoms with Crippen LogP contribution in [0, 0.1) is 0 Å². The van der Waals surface area contributed by atoms with Gasteiger partial charge in [-0.25, -0.2) is 4.98 Å². The molecule has 158 valence electrons. The van der Waals surface area contributed by atoms with Gasteiger partial charge in [0.2, 0.25) is 0 Å². The number of aromatic nitrogens is 2. The molecule has 0 aliphatic rings. The highest BCUT2D eigenvalue weighted by Crippen LogP contribution is 2.21. The van der Waals surface area contributed by atoms with Crippen LogP contribution in [0.5, 0.6) is 0 Å². The molecule has 3 rings (SSSR count). The summed E-state index contributed by atoms with van der Waals surface area (Å²) in [6, 6.07) is 15.4. The van der Waals surface area contributed by atoms with Crippen molar-refractivity contribution < 1.29 is 14.3 Å². The molecule has 0 aliphatic heterocycles. The molecule has 2 aromatic carbocycles. The summed E-state index contributed by atoms with van der Waals surface area (Å²) < 4.78 is 7.05. The van der Waals surface area contributed by atoms with E-state index in [0.29, 0.717) is 17.4 Å². The third-order valence-electron chi connectivity index (χ3n) is 5.03. The molecule has 0 radical (unpaired) electrons. The Morgan fingerprint density at radius 3 is 2.60 bits per heavy atom. The van der Waals surface area contributed by atoms with Crippen LogP contribution in [-0.4, -0.2) is 34.3 Å². The zero-order valence-corrected chi connectivity index (χ0v) is 18.4. The summed E-state index contributed by atoms with van der Waals surface area (Å²) in [5.74, 6) is 1.15. The summed E-state index contributed by atoms with van der Waals surface area (Å²) in [6.45, 7) is 4.01. The normalized spacial score (nSPS) is 12.0. The number of thioether (sulfide) groups is 1. The van der Waals surface area contributed by atoms with Crippen LogP contribution in [-0.2, 0) is 26.6 Å². The molecule has 30 heavy (non-hydrogen) atoms. The van der Waals surface area contributed by atoms with E-state index < -0.39 is 5.97 Å². The fourth-order valence-electron chi connectivity index (χ4n) is 3.19. The van der Waals surface area contributed by atoms with Crippen molar-refractivity contribution in [2.75, 3.05) is 18.2 Å². The average molecular weight is 426 g/mol. The van der Waals surface area contributed by atoms with Crippen molar-refractivity contribution in [2.45, 2.75) is 38.5 Å². The number of imidazole rings is 1. The lowest BCUT2D eigenvalue weighted by Gasteiger charge is -2.11. The highest BCUT2D eigenvalue weighted by Gasteiger charge is 2.15. The molecule has 1 aromatic heterocycles. The van der Waals surface area contributed by atoms with Crippen LogP contribution in [0.2, 0.25) is 0 Å². The van der Waals surface area contributed by atoms with Gasteiger partial charge < -0.3 is 14.6 Å². The van der Waals surface area contributed by atoms with Gasteiger partial charge in [-0.2, -0.15) is 11.8 Å². The number of hydrogen-bond donors (Lipinski definition) is 1. The highest BCUT2D eigenvalue weighted by molar-refractivity contribution is 7.97. The van der Waals surface area contributed by atoms with Crippen LogP contribution in [0.25, 0.3) is 11.0 Å². The number of nitrogens with zero attached hydrogens (tertiary/aromatic N) is 2. The first-order valence-electron chi connectivity index (χ1n) is 10.00. The number of anilines is 1. The fourth-order valence-corrected chi connectivity index (χ4v) is 3.67. The maximum atomic E-state index is 12.4. The maximum Gasteiger partial charge on any atom is 0.326 e. The minimum atomic E-state index is -0.470. The SMILES string of the molecule is CC[C@H](C)c1ccc(NC(=O)COC(=O)Cn2c(CSC)nc3ccccc32)cc1. The Labute approximate surface area is 181 Å². The van der Waals surface area contributed by atoms with Gasteiger partial charge >= 0.3 is 5.97 Å². The molecule has 0 aliphatic carbocycles. The topological polar surface area (TPSA) is 73.2 Å². The Balaban J connectivity index is 1.56. The number of carbonyl (C=O) groups excluding carboxylic acids is 2. The van der Waals surface area contributed by atoms with Gasteiger partial charge in [-0.3, -0.25) is 9.59 Å². The Bertz CT molecular complexity index is 1010. The first kappa shape index (κ1) is 21.9. The van der Waals surface area contributed by atoms with Crippen LogP contribution in [0.1, 0.15) is 37.6 Å². The molecule has 0 saturated carbocycles. The first-order chi connectivity index (χ1) is 14.5. The van der Waals surface area contributed by atoms with E-state index in [4.69, 9.17) is 4.74 Å². The zero-order valence-electron chi connectivity index (χ0n) is 17.6. The van der Waals surface area contributed by atoms with Gasteiger partial charge in [0.05, 0.1) is 16.8 Å². The number of fused-ring (bicyclic) bond motifs is 1. The Kier molecular flexibility index (Phi) is 7.52. The highest BCUT2D eigenvalue weighted by atomic mass is 32.2. The van der Waals surface area contributed by atoms with E-state index in [2.05, 4.69) is 24.1 Å². The van der Waals surface area contributed by atoms with E-state index in [1.165, 1.54) is 5.56 Å². The third-order valence-corrected chi connectivity index (χ3v) is 5.58. The van der Waals surface area contributed by atoms with Crippen LogP contribution in [0.4, 0.5) is 5.69 Å². The van der Waals surface area contributed by atoms with Gasteiger partial charge in [-0.1, -0.05) is 38.1 Å². The van der Waals surface area contributed by atoms with Crippen LogP contribution >= 0.6 is 11.8 Å². The number of benzene rings is 2. The number of carbonyl (C=O) groups is 2. The molecule has 6 nitrogen and oxygen atoms in total. The van der Waals surface area contributed by atoms with Crippen molar-refractivity contribution in [2.24, 2.45) is 0 Å². The Morgan fingerprint density at radius 2 is 1.90 bits per heavy atom. The quantitative estimate of drug-likeness (QED) is 0.508. The fraction of sp³-hybridized carbons (Fsp3) is 0.348. The molecule has 1 atom stereocenters. The van der Waals surface area contributed by atoms with E-state index in [1.54, 1.807) is 11.8 Å². The number of ether oxygens (including phenoxy) is 1. The second kappa shape index (κ2) is 10.3. The summed E-state index contributed by atoms with van der Waals surface area (Å²) in [5, 5.41) is 2.76. The lowest BCUT2D eigenvalue weighted by molar-refractivity contribution is -0.147. The molecule has 0 saturated heterocycles. The predicted molar refractivity (Wildman–Crippen MR) is 122 cm³/mol. The average Bonchev–Trinajstić information content (AvgIpc) is 3.09. The monoisotopic (exact) mass is 425 g/mol. The van der Waals surface area contributed by atoms with Crippen molar-refractivity contribution in [3.63, 3.8) is 0 Å². The number of rotatable bonds is 9. The number of amides is 1. The number of hydrogen-bond acceptors (Lipinski definition) is 5. The van der Waals surface area contributed by atoms with Gasteiger partial charge in [-0.15, -0.1) is 0 Å². The maximum absolute atomic E-state index is 12.4. The number of esters is 1. The summed E-state index contributed by atoms with van der Waals surface area (Å²) in [4.78, 5) is 29.1. The minimum Gasteiger partial charge on any atom is -0.454 e. The standard InChI is InChI=1S/C23H27N3O3S/c1-4-16(2)17-9-11-18(12-10-17)24-22(27)14-29-23(28)13-26-20-8-6-5-7-19(20)25-21(26)15-30-3/h5-12,16H,4,13-15H2,1-3H3,(H,24,27)/t16-/m0/s1. The first-order valence-corrected chi connectivity index (χ1v) is 11.4. The second-order valence-corrected chi connectivity index (χ2v) is 8.04. The van der Waals surface area contributed by atoms with Crippen LogP contribution in [0.3, 0.4) is 0 Å². The molecule has 0 fully saturated rings. The van der Waals surface area contributed by atoms with E-state index in [-0.39, 0.29) is 19.1 Å².